The maximum Gasteiger partial charge on any atom is 0.111 e. The summed E-state index contributed by atoms with van der Waals surface area (Å²) in [5, 5.41) is 0.722. The highest BCUT2D eigenvalue weighted by Crippen LogP contribution is 2.20. The lowest BCUT2D eigenvalue weighted by atomic mass is 10.1. The number of nitrogens with two attached hydrogens (primary N) is 1. The molecule has 1 atom stereocenters. The van der Waals surface area contributed by atoms with Crippen LogP contribution in [-0.2, 0) is 13.5 Å². The Morgan fingerprint density at radius 2 is 2.24 bits per heavy atom. The third-order valence-electron chi connectivity index (χ3n) is 3.04. The van der Waals surface area contributed by atoms with Gasteiger partial charge in [0, 0.05) is 24.5 Å². The largest absolute Gasteiger partial charge is 0.331 e. The number of hydrogen-bond donors (Lipinski definition) is 1. The van der Waals surface area contributed by atoms with Gasteiger partial charge in [0.05, 0.1) is 11.0 Å². The molecular formula is C13H18ClN3. The summed E-state index contributed by atoms with van der Waals surface area (Å²) in [6.45, 7) is 2.15. The second-order valence-electron chi connectivity index (χ2n) is 4.47. The number of imidazole rings is 1. The van der Waals surface area contributed by atoms with Crippen molar-refractivity contribution in [1.82, 2.24) is 9.55 Å². The molecule has 0 aliphatic carbocycles. The van der Waals surface area contributed by atoms with Crippen molar-refractivity contribution in [1.29, 1.82) is 0 Å². The molecule has 0 amide bonds. The predicted molar refractivity (Wildman–Crippen MR) is 72.3 cm³/mol. The fraction of sp³-hybridized carbons (Fsp3) is 0.462. The first-order chi connectivity index (χ1) is 8.11. The van der Waals surface area contributed by atoms with Crippen molar-refractivity contribution in [2.24, 2.45) is 12.8 Å². The first kappa shape index (κ1) is 12.4. The van der Waals surface area contributed by atoms with E-state index in [0.717, 1.165) is 41.1 Å². The molecule has 0 aliphatic rings. The van der Waals surface area contributed by atoms with Crippen LogP contribution in [0.2, 0.25) is 5.02 Å². The molecule has 0 saturated heterocycles. The molecule has 0 aliphatic heterocycles. The van der Waals surface area contributed by atoms with E-state index in [4.69, 9.17) is 17.3 Å². The molecule has 0 spiro atoms. The van der Waals surface area contributed by atoms with E-state index in [1.165, 1.54) is 0 Å². The molecule has 0 fully saturated rings. The van der Waals surface area contributed by atoms with Crippen LogP contribution in [0.1, 0.15) is 25.6 Å². The molecule has 4 heteroatoms. The number of halogens is 1. The SMILES string of the molecule is CCCC(N)Cc1nc2cc(Cl)ccc2n1C. The highest BCUT2D eigenvalue weighted by molar-refractivity contribution is 6.31. The fourth-order valence-corrected chi connectivity index (χ4v) is 2.28. The minimum absolute atomic E-state index is 0.186. The number of aryl methyl sites for hydroxylation is 1. The molecule has 2 N–H and O–H groups in total. The van der Waals surface area contributed by atoms with Gasteiger partial charge < -0.3 is 10.3 Å². The Balaban J connectivity index is 2.32. The highest BCUT2D eigenvalue weighted by Gasteiger charge is 2.11. The molecule has 1 aromatic heterocycles. The van der Waals surface area contributed by atoms with Gasteiger partial charge in [-0.2, -0.15) is 0 Å². The number of aromatic nitrogens is 2. The van der Waals surface area contributed by atoms with Crippen molar-refractivity contribution < 1.29 is 0 Å². The second-order valence-corrected chi connectivity index (χ2v) is 4.91. The van der Waals surface area contributed by atoms with Crippen molar-refractivity contribution in [3.05, 3.63) is 29.0 Å². The van der Waals surface area contributed by atoms with E-state index < -0.39 is 0 Å². The van der Waals surface area contributed by atoms with Gasteiger partial charge in [0.15, 0.2) is 0 Å². The zero-order valence-corrected chi connectivity index (χ0v) is 11.0. The minimum Gasteiger partial charge on any atom is -0.331 e. The van der Waals surface area contributed by atoms with Crippen molar-refractivity contribution >= 4 is 22.6 Å². The highest BCUT2D eigenvalue weighted by atomic mass is 35.5. The van der Waals surface area contributed by atoms with Crippen LogP contribution in [0.15, 0.2) is 18.2 Å². The summed E-state index contributed by atoms with van der Waals surface area (Å²) in [5.74, 6) is 1.03. The van der Waals surface area contributed by atoms with Gasteiger partial charge in [-0.25, -0.2) is 4.98 Å². The Morgan fingerprint density at radius 3 is 2.94 bits per heavy atom. The average Bonchev–Trinajstić information content (AvgIpc) is 2.55. The van der Waals surface area contributed by atoms with Gasteiger partial charge in [-0.15, -0.1) is 0 Å². The summed E-state index contributed by atoms with van der Waals surface area (Å²) >= 11 is 5.96. The third kappa shape index (κ3) is 2.61. The monoisotopic (exact) mass is 251 g/mol. The Morgan fingerprint density at radius 1 is 1.47 bits per heavy atom. The van der Waals surface area contributed by atoms with Gasteiger partial charge in [0.2, 0.25) is 0 Å². The fourth-order valence-electron chi connectivity index (χ4n) is 2.11. The van der Waals surface area contributed by atoms with Crippen molar-refractivity contribution in [3.63, 3.8) is 0 Å². The van der Waals surface area contributed by atoms with Gasteiger partial charge >= 0.3 is 0 Å². The van der Waals surface area contributed by atoms with Gasteiger partial charge in [-0.1, -0.05) is 24.9 Å². The van der Waals surface area contributed by atoms with E-state index in [-0.39, 0.29) is 6.04 Å². The predicted octanol–water partition coefficient (Wildman–Crippen LogP) is 2.90. The summed E-state index contributed by atoms with van der Waals surface area (Å²) in [6, 6.07) is 5.97. The number of rotatable bonds is 4. The molecule has 17 heavy (non-hydrogen) atoms. The average molecular weight is 252 g/mol. The van der Waals surface area contributed by atoms with Crippen LogP contribution >= 0.6 is 11.6 Å². The summed E-state index contributed by atoms with van der Waals surface area (Å²) < 4.78 is 2.10. The Kier molecular flexibility index (Phi) is 3.69. The van der Waals surface area contributed by atoms with Gasteiger partial charge in [-0.05, 0) is 24.6 Å². The molecule has 0 saturated carbocycles. The van der Waals surface area contributed by atoms with Crippen LogP contribution in [0, 0.1) is 0 Å². The maximum absolute atomic E-state index is 6.06. The van der Waals surface area contributed by atoms with Gasteiger partial charge in [0.25, 0.3) is 0 Å². The molecule has 1 heterocycles. The normalized spacial score (nSPS) is 13.2. The van der Waals surface area contributed by atoms with Crippen molar-refractivity contribution in [2.75, 3.05) is 0 Å². The maximum atomic E-state index is 6.06. The molecule has 0 bridgehead atoms. The molecular weight excluding hydrogens is 234 g/mol. The summed E-state index contributed by atoms with van der Waals surface area (Å²) in [6.07, 6.45) is 2.96. The Bertz CT molecular complexity index is 519. The molecule has 92 valence electrons. The molecule has 3 nitrogen and oxygen atoms in total. The topological polar surface area (TPSA) is 43.8 Å². The Hall–Kier alpha value is -1.06. The summed E-state index contributed by atoms with van der Waals surface area (Å²) in [7, 11) is 2.03. The van der Waals surface area contributed by atoms with Crippen LogP contribution in [0.25, 0.3) is 11.0 Å². The number of benzene rings is 1. The lowest BCUT2D eigenvalue weighted by Crippen LogP contribution is -2.23. The number of hydrogen-bond acceptors (Lipinski definition) is 2. The smallest absolute Gasteiger partial charge is 0.111 e. The van der Waals surface area contributed by atoms with E-state index in [9.17, 15) is 0 Å². The number of nitrogens with zero attached hydrogens (tertiary/aromatic N) is 2. The number of fused-ring (bicyclic) bond motifs is 1. The molecule has 2 rings (SSSR count). The van der Waals surface area contributed by atoms with E-state index >= 15 is 0 Å². The summed E-state index contributed by atoms with van der Waals surface area (Å²) in [4.78, 5) is 4.59. The minimum atomic E-state index is 0.186. The zero-order valence-electron chi connectivity index (χ0n) is 10.3. The van der Waals surface area contributed by atoms with Crippen LogP contribution in [0.4, 0.5) is 0 Å². The van der Waals surface area contributed by atoms with Gasteiger partial charge in [-0.3, -0.25) is 0 Å². The molecule has 2 aromatic rings. The molecule has 0 radical (unpaired) electrons. The van der Waals surface area contributed by atoms with E-state index in [1.807, 2.05) is 25.2 Å². The van der Waals surface area contributed by atoms with E-state index in [1.54, 1.807) is 0 Å². The van der Waals surface area contributed by atoms with Crippen molar-refractivity contribution in [3.8, 4) is 0 Å². The molecule has 1 unspecified atom stereocenters. The third-order valence-corrected chi connectivity index (χ3v) is 3.27. The molecule has 1 aromatic carbocycles. The lowest BCUT2D eigenvalue weighted by Gasteiger charge is -2.09. The first-order valence-electron chi connectivity index (χ1n) is 5.98. The summed E-state index contributed by atoms with van der Waals surface area (Å²) in [5.41, 5.74) is 8.11. The zero-order chi connectivity index (χ0) is 12.4. The Labute approximate surface area is 107 Å². The van der Waals surface area contributed by atoms with E-state index in [0.29, 0.717) is 0 Å². The van der Waals surface area contributed by atoms with Crippen LogP contribution in [0.5, 0.6) is 0 Å². The van der Waals surface area contributed by atoms with E-state index in [2.05, 4.69) is 16.5 Å². The second kappa shape index (κ2) is 5.07. The van der Waals surface area contributed by atoms with Crippen LogP contribution < -0.4 is 5.73 Å². The van der Waals surface area contributed by atoms with Gasteiger partial charge in [0.1, 0.15) is 5.82 Å². The van der Waals surface area contributed by atoms with Crippen molar-refractivity contribution in [2.45, 2.75) is 32.2 Å². The quantitative estimate of drug-likeness (QED) is 0.908. The standard InChI is InChI=1S/C13H18ClN3/c1-3-4-10(15)8-13-16-11-7-9(14)5-6-12(11)17(13)2/h5-7,10H,3-4,8,15H2,1-2H3. The van der Waals surface area contributed by atoms with Crippen LogP contribution in [-0.4, -0.2) is 15.6 Å². The first-order valence-corrected chi connectivity index (χ1v) is 6.36. The van der Waals surface area contributed by atoms with Crippen LogP contribution in [0.3, 0.4) is 0 Å². The lowest BCUT2D eigenvalue weighted by molar-refractivity contribution is 0.576.